The van der Waals surface area contributed by atoms with E-state index in [-0.39, 0.29) is 0 Å². The van der Waals surface area contributed by atoms with E-state index in [1.165, 1.54) is 89.9 Å². The van der Waals surface area contributed by atoms with Crippen LogP contribution in [-0.2, 0) is 0 Å². The fraction of sp³-hybridized carbons (Fsp3) is 1.00. The van der Waals surface area contributed by atoms with Crippen LogP contribution in [0.5, 0.6) is 0 Å². The quantitative estimate of drug-likeness (QED) is 0.279. The Morgan fingerprint density at radius 2 is 0.594 bits per heavy atom. The summed E-state index contributed by atoms with van der Waals surface area (Å²) >= 11 is 0. The molecule has 6 aliphatic heterocycles. The molecule has 9 aliphatic carbocycles. The first-order chi connectivity index (χ1) is 31.5. The van der Waals surface area contributed by atoms with Gasteiger partial charge < -0.3 is 0 Å². The predicted octanol–water partition coefficient (Wildman–Crippen LogP) is 12.7. The van der Waals surface area contributed by atoms with Gasteiger partial charge in [-0.1, -0.05) is 118 Å². The Morgan fingerprint density at radius 3 is 0.969 bits per heavy atom. The molecule has 0 N–H and O–H groups in total. The van der Waals surface area contributed by atoms with E-state index in [4.69, 9.17) is 0 Å². The first-order valence-corrected chi connectivity index (χ1v) is 30.6. The van der Waals surface area contributed by atoms with Crippen LogP contribution in [0.15, 0.2) is 0 Å². The van der Waals surface area contributed by atoms with Crippen molar-refractivity contribution < 1.29 is 0 Å². The third-order valence-corrected chi connectivity index (χ3v) is 26.2. The second kappa shape index (κ2) is 15.7. The first-order valence-electron chi connectivity index (χ1n) is 30.6. The van der Waals surface area contributed by atoms with Gasteiger partial charge in [0.2, 0.25) is 0 Å². The molecule has 0 bridgehead atoms. The molecule has 9 saturated carbocycles. The largest absolute Gasteiger partial charge is 0.294 e. The highest BCUT2D eigenvalue weighted by Crippen LogP contribution is 2.75. The van der Waals surface area contributed by atoms with Crippen molar-refractivity contribution in [1.29, 1.82) is 0 Å². The van der Waals surface area contributed by atoms with Crippen LogP contribution in [0.2, 0.25) is 0 Å². The maximum atomic E-state index is 3.65. The topological polar surface area (TPSA) is 13.0 Å². The maximum Gasteiger partial charge on any atom is 0.0170 e. The van der Waals surface area contributed by atoms with Gasteiger partial charge in [-0.05, 0) is 185 Å². The highest BCUT2D eigenvalue weighted by atomic mass is 15.4. The molecular weight excluding hydrogens is 777 g/mol. The van der Waals surface area contributed by atoms with Crippen LogP contribution in [0, 0.1) is 94.7 Å². The molecule has 15 rings (SSSR count). The first kappa shape index (κ1) is 41.6. The van der Waals surface area contributed by atoms with Gasteiger partial charge in [0.15, 0.2) is 0 Å². The maximum absolute atomic E-state index is 3.65. The predicted molar refractivity (Wildman–Crippen MR) is 261 cm³/mol. The van der Waals surface area contributed by atoms with Crippen molar-refractivity contribution in [3.05, 3.63) is 0 Å². The highest BCUT2D eigenvalue weighted by molar-refractivity contribution is 5.30. The summed E-state index contributed by atoms with van der Waals surface area (Å²) in [6.07, 6.45) is 43.3. The number of likely N-dealkylation sites (tertiary alicyclic amines) is 2. The Morgan fingerprint density at radius 1 is 0.266 bits per heavy atom. The van der Waals surface area contributed by atoms with Crippen LogP contribution in [-0.4, -0.2) is 92.1 Å². The molecule has 0 aromatic rings. The van der Waals surface area contributed by atoms with Crippen LogP contribution in [0.3, 0.4) is 0 Å². The Hall–Kier alpha value is -0.160. The van der Waals surface area contributed by atoms with E-state index in [9.17, 15) is 0 Å². The summed E-state index contributed by atoms with van der Waals surface area (Å²) in [6.45, 7) is 11.4. The minimum absolute atomic E-state index is 0.814. The monoisotopic (exact) mass is 873 g/mol. The Labute approximate surface area is 392 Å². The average Bonchev–Trinajstić information content (AvgIpc) is 4.16. The van der Waals surface area contributed by atoms with Gasteiger partial charge in [-0.15, -0.1) is 0 Å². The van der Waals surface area contributed by atoms with Gasteiger partial charge in [0.25, 0.3) is 0 Å². The van der Waals surface area contributed by atoms with Crippen LogP contribution >= 0.6 is 0 Å². The molecule has 24 atom stereocenters. The second-order valence-corrected chi connectivity index (χ2v) is 28.4. The van der Waals surface area contributed by atoms with Crippen molar-refractivity contribution in [3.8, 4) is 0 Å². The molecule has 0 aromatic heterocycles. The van der Waals surface area contributed by atoms with Gasteiger partial charge >= 0.3 is 0 Å². The van der Waals surface area contributed by atoms with E-state index in [0.717, 1.165) is 167 Å². The lowest BCUT2D eigenvalue weighted by atomic mass is 9.47. The molecule has 0 spiro atoms. The van der Waals surface area contributed by atoms with Gasteiger partial charge in [0.1, 0.15) is 0 Å². The summed E-state index contributed by atoms with van der Waals surface area (Å²) < 4.78 is 0. The van der Waals surface area contributed by atoms with Crippen molar-refractivity contribution in [1.82, 2.24) is 19.6 Å². The molecule has 0 radical (unpaired) electrons. The molecule has 4 heteroatoms. The van der Waals surface area contributed by atoms with Crippen LogP contribution in [0.4, 0.5) is 0 Å². The summed E-state index contributed by atoms with van der Waals surface area (Å²) in [6, 6.07) is 11.0. The molecule has 0 aromatic carbocycles. The number of nitrogens with zero attached hydrogens (tertiary/aromatic N) is 4. The minimum atomic E-state index is 0.814. The summed E-state index contributed by atoms with van der Waals surface area (Å²) in [5.74, 6) is 15.4. The average molecular weight is 873 g/mol. The number of fused-ring (bicyclic) bond motifs is 20. The van der Waals surface area contributed by atoms with Crippen molar-refractivity contribution in [2.75, 3.05) is 0 Å². The van der Waals surface area contributed by atoms with Crippen LogP contribution < -0.4 is 0 Å². The Bertz CT molecular complexity index is 1610. The van der Waals surface area contributed by atoms with Crippen molar-refractivity contribution in [2.45, 2.75) is 280 Å². The summed E-state index contributed by atoms with van der Waals surface area (Å²) in [5, 5.41) is 0. The Kier molecular flexibility index (Phi) is 10.2. The standard InChI is InChI=1S/C60H96N4/c1-33(2)49-53-55-51-39-25-13-17-29-45(39)61(35-19-7-5-8-20-35)47(51)31-41-38-24-12-16-28-44(38)64(57(41)55)60(53)50(34(3)4)54-56-52-40-26-14-18-30-46(40)62(36-21-9-6-10-22-36)48(52)32-42-37-23-11-15-27-43(37)63(58(42)56)59(49)54/h33-60H,5-32H2,1-4H3. The summed E-state index contributed by atoms with van der Waals surface area (Å²) in [7, 11) is 0. The van der Waals surface area contributed by atoms with E-state index in [1.807, 2.05) is 0 Å². The van der Waals surface area contributed by atoms with E-state index >= 15 is 0 Å². The van der Waals surface area contributed by atoms with E-state index in [1.54, 1.807) is 89.9 Å². The zero-order chi connectivity index (χ0) is 42.3. The van der Waals surface area contributed by atoms with E-state index in [2.05, 4.69) is 47.3 Å². The fourth-order valence-electron chi connectivity index (χ4n) is 25.6. The normalized spacial score (nSPS) is 57.1. The number of hydrogen-bond acceptors (Lipinski definition) is 4. The molecule has 4 nitrogen and oxygen atoms in total. The van der Waals surface area contributed by atoms with Crippen molar-refractivity contribution >= 4 is 0 Å². The fourth-order valence-corrected chi connectivity index (χ4v) is 25.6. The lowest BCUT2D eigenvalue weighted by Gasteiger charge is -2.59. The smallest absolute Gasteiger partial charge is 0.0170 e. The van der Waals surface area contributed by atoms with Crippen molar-refractivity contribution in [2.24, 2.45) is 94.7 Å². The molecule has 356 valence electrons. The van der Waals surface area contributed by atoms with Gasteiger partial charge in [-0.2, -0.15) is 0 Å². The highest BCUT2D eigenvalue weighted by Gasteiger charge is 2.79. The third-order valence-electron chi connectivity index (χ3n) is 26.2. The third kappa shape index (κ3) is 5.51. The van der Waals surface area contributed by atoms with E-state index in [0.29, 0.717) is 0 Å². The SMILES string of the molecule is CC(C)C1C2C3C4C5CCCCC5N(C5CCCCC5)C4CC4C5CCCCC5N(C43)C2C(C(C)C)C2C3C4C5CCCCC5N(C5CCCCC5)C4CC4C5CCCCC5N(C43)C12. The zero-order valence-corrected chi connectivity index (χ0v) is 41.8. The lowest BCUT2D eigenvalue weighted by molar-refractivity contribution is -0.0957. The van der Waals surface area contributed by atoms with Gasteiger partial charge in [-0.3, -0.25) is 19.6 Å². The second-order valence-electron chi connectivity index (χ2n) is 28.4. The lowest BCUT2D eigenvalue weighted by Crippen LogP contribution is -2.63. The zero-order valence-electron chi connectivity index (χ0n) is 41.8. The molecular formula is C60H96N4. The van der Waals surface area contributed by atoms with Gasteiger partial charge in [0, 0.05) is 72.5 Å². The molecule has 15 aliphatic rings. The molecule has 6 heterocycles. The Balaban J connectivity index is 0.908. The molecule has 15 fully saturated rings. The number of hydrogen-bond donors (Lipinski definition) is 0. The minimum Gasteiger partial charge on any atom is -0.294 e. The summed E-state index contributed by atoms with van der Waals surface area (Å²) in [5.41, 5.74) is 0. The van der Waals surface area contributed by atoms with Crippen LogP contribution in [0.1, 0.15) is 207 Å². The van der Waals surface area contributed by atoms with E-state index < -0.39 is 0 Å². The molecule has 24 unspecified atom stereocenters. The molecule has 64 heavy (non-hydrogen) atoms. The molecule has 0 amide bonds. The number of rotatable bonds is 4. The van der Waals surface area contributed by atoms with Gasteiger partial charge in [-0.25, -0.2) is 0 Å². The molecule has 6 saturated heterocycles. The van der Waals surface area contributed by atoms with Gasteiger partial charge in [0.05, 0.1) is 0 Å². The van der Waals surface area contributed by atoms with Crippen LogP contribution in [0.25, 0.3) is 0 Å². The van der Waals surface area contributed by atoms with Crippen molar-refractivity contribution in [3.63, 3.8) is 0 Å². The summed E-state index contributed by atoms with van der Waals surface area (Å²) in [4.78, 5) is 14.2.